The first-order chi connectivity index (χ1) is 21.6. The van der Waals surface area contributed by atoms with E-state index >= 15 is 0 Å². The van der Waals surface area contributed by atoms with Gasteiger partial charge in [-0.1, -0.05) is 90.1 Å². The van der Waals surface area contributed by atoms with Crippen molar-refractivity contribution in [1.29, 1.82) is 0 Å². The minimum atomic E-state index is -2.19. The number of rotatable bonds is 13. The normalized spacial score (nSPS) is 22.6. The van der Waals surface area contributed by atoms with E-state index in [9.17, 15) is 9.90 Å². The largest absolute Gasteiger partial charge is 0.488 e. The fourth-order valence-electron chi connectivity index (χ4n) is 6.19. The lowest BCUT2D eigenvalue weighted by molar-refractivity contribution is -0.137. The first-order valence-electron chi connectivity index (χ1n) is 17.4. The van der Waals surface area contributed by atoms with Gasteiger partial charge in [-0.2, -0.15) is 0 Å². The summed E-state index contributed by atoms with van der Waals surface area (Å²) < 4.78 is 27.9. The minimum Gasteiger partial charge on any atom is -0.488 e. The summed E-state index contributed by atoms with van der Waals surface area (Å²) >= 11 is 0. The molecule has 0 aromatic heterocycles. The number of carboxylic acids is 1. The summed E-state index contributed by atoms with van der Waals surface area (Å²) in [5, 5.41) is 9.33. The first kappa shape index (κ1) is 37.4. The highest BCUT2D eigenvalue weighted by molar-refractivity contribution is 6.74. The lowest BCUT2D eigenvalue weighted by Gasteiger charge is -2.43. The Bertz CT molecular complexity index is 1400. The standard InChI is InChI=1S/C39H60O6Si2/c1-37(2,3)46(9,10)44-32-26-31-29-22-16-18-27(19-17-23-34(40)41)35(29)42-36(31)30(32)24-25-33(45-47(11,12)38(4,5)6)39(7,8)43-28-20-14-13-15-21-28/h13-16,18,20-22,24-25,30-33,36H,17,19,23,26H2,1-12H3,(H,40,41)/b25-24+/t30-,31+,32+,33-,36+/m1/s1. The second-order valence-corrected chi connectivity index (χ2v) is 26.7. The van der Waals surface area contributed by atoms with Crippen LogP contribution in [0.4, 0.5) is 0 Å². The number of fused-ring (bicyclic) bond motifs is 3. The van der Waals surface area contributed by atoms with Gasteiger partial charge in [0.1, 0.15) is 29.3 Å². The molecule has 260 valence electrons. The summed E-state index contributed by atoms with van der Waals surface area (Å²) in [6.45, 7) is 27.2. The smallest absolute Gasteiger partial charge is 0.303 e. The molecule has 0 radical (unpaired) electrons. The van der Waals surface area contributed by atoms with Gasteiger partial charge in [0.15, 0.2) is 16.6 Å². The molecule has 0 amide bonds. The Kier molecular flexibility index (Phi) is 11.0. The highest BCUT2D eigenvalue weighted by atomic mass is 28.4. The van der Waals surface area contributed by atoms with Gasteiger partial charge in [-0.15, -0.1) is 0 Å². The van der Waals surface area contributed by atoms with Crippen molar-refractivity contribution in [3.05, 3.63) is 71.8 Å². The Morgan fingerprint density at radius 3 is 2.17 bits per heavy atom. The van der Waals surface area contributed by atoms with E-state index < -0.39 is 28.2 Å². The molecule has 2 aliphatic rings. The fourth-order valence-corrected chi connectivity index (χ4v) is 8.91. The Hall–Kier alpha value is -2.40. The van der Waals surface area contributed by atoms with Crippen LogP contribution in [-0.4, -0.2) is 51.6 Å². The van der Waals surface area contributed by atoms with Crippen LogP contribution in [0.1, 0.15) is 91.7 Å². The molecule has 8 heteroatoms. The van der Waals surface area contributed by atoms with Crippen molar-refractivity contribution in [2.24, 2.45) is 5.92 Å². The van der Waals surface area contributed by atoms with Crippen molar-refractivity contribution in [3.8, 4) is 11.5 Å². The van der Waals surface area contributed by atoms with E-state index in [0.29, 0.717) is 12.8 Å². The maximum atomic E-state index is 11.2. The molecule has 1 heterocycles. The van der Waals surface area contributed by atoms with Gasteiger partial charge < -0.3 is 23.4 Å². The van der Waals surface area contributed by atoms with Crippen molar-refractivity contribution < 1.29 is 28.2 Å². The fraction of sp³-hybridized carbons (Fsp3) is 0.615. The van der Waals surface area contributed by atoms with Crippen LogP contribution in [0.5, 0.6) is 11.5 Å². The molecule has 5 atom stereocenters. The van der Waals surface area contributed by atoms with Gasteiger partial charge in [0.25, 0.3) is 0 Å². The maximum absolute atomic E-state index is 11.2. The molecule has 2 aromatic rings. The number of carboxylic acid groups (broad SMARTS) is 1. The minimum absolute atomic E-state index is 0.0117. The van der Waals surface area contributed by atoms with Crippen molar-refractivity contribution in [1.82, 2.24) is 0 Å². The molecule has 1 N–H and O–H groups in total. The SMILES string of the molecule is CC(C)(Oc1ccccc1)[C@@H](/C=C/[C@H]1[C@@H]2Oc3c(CCCC(=O)O)cccc3[C@@H]2C[C@@H]1O[Si](C)(C)C(C)(C)C)O[Si](C)(C)C(C)(C)C. The third kappa shape index (κ3) is 8.61. The number of hydrogen-bond acceptors (Lipinski definition) is 5. The molecular weight excluding hydrogens is 621 g/mol. The number of ether oxygens (including phenoxy) is 2. The zero-order valence-corrected chi connectivity index (χ0v) is 33.0. The van der Waals surface area contributed by atoms with Crippen molar-refractivity contribution in [2.45, 2.75) is 147 Å². The van der Waals surface area contributed by atoms with Crippen LogP contribution >= 0.6 is 0 Å². The number of hydrogen-bond donors (Lipinski definition) is 1. The van der Waals surface area contributed by atoms with Gasteiger partial charge in [0.2, 0.25) is 0 Å². The quantitative estimate of drug-likeness (QED) is 0.168. The third-order valence-corrected chi connectivity index (χ3v) is 20.1. The van der Waals surface area contributed by atoms with Gasteiger partial charge in [-0.3, -0.25) is 4.79 Å². The number of carbonyl (C=O) groups is 1. The second kappa shape index (κ2) is 13.8. The monoisotopic (exact) mass is 680 g/mol. The predicted octanol–water partition coefficient (Wildman–Crippen LogP) is 10.2. The van der Waals surface area contributed by atoms with Crippen LogP contribution in [0.15, 0.2) is 60.7 Å². The third-order valence-electron chi connectivity index (χ3n) is 11.1. The lowest BCUT2D eigenvalue weighted by atomic mass is 9.93. The summed E-state index contributed by atoms with van der Waals surface area (Å²) in [5.74, 6) is 1.23. The van der Waals surface area contributed by atoms with Crippen LogP contribution in [-0.2, 0) is 20.1 Å². The van der Waals surface area contributed by atoms with E-state index in [4.69, 9.17) is 18.3 Å². The number of benzene rings is 2. The summed E-state index contributed by atoms with van der Waals surface area (Å²) in [7, 11) is -4.28. The van der Waals surface area contributed by atoms with Crippen LogP contribution in [0.3, 0.4) is 0 Å². The van der Waals surface area contributed by atoms with Crippen LogP contribution in [0.2, 0.25) is 36.3 Å². The Morgan fingerprint density at radius 2 is 1.57 bits per heavy atom. The summed E-state index contributed by atoms with van der Waals surface area (Å²) in [5.41, 5.74) is 1.68. The zero-order valence-electron chi connectivity index (χ0n) is 31.0. The van der Waals surface area contributed by atoms with Crippen molar-refractivity contribution in [3.63, 3.8) is 0 Å². The molecule has 1 aliphatic heterocycles. The average molecular weight is 681 g/mol. The van der Waals surface area contributed by atoms with Gasteiger partial charge >= 0.3 is 5.97 Å². The van der Waals surface area contributed by atoms with E-state index in [2.05, 4.69) is 112 Å². The van der Waals surface area contributed by atoms with E-state index in [1.54, 1.807) is 0 Å². The number of para-hydroxylation sites is 2. The predicted molar refractivity (Wildman–Crippen MR) is 197 cm³/mol. The van der Waals surface area contributed by atoms with Gasteiger partial charge in [0.05, 0.1) is 6.10 Å². The lowest BCUT2D eigenvalue weighted by Crippen LogP contribution is -2.51. The molecule has 1 aliphatic carbocycles. The van der Waals surface area contributed by atoms with E-state index in [1.807, 2.05) is 30.3 Å². The van der Waals surface area contributed by atoms with Crippen molar-refractivity contribution >= 4 is 22.6 Å². The molecule has 0 spiro atoms. The molecule has 47 heavy (non-hydrogen) atoms. The Balaban J connectivity index is 1.72. The van der Waals surface area contributed by atoms with Gasteiger partial charge in [-0.05, 0) is 87.1 Å². The van der Waals surface area contributed by atoms with Crippen molar-refractivity contribution in [2.75, 3.05) is 0 Å². The van der Waals surface area contributed by atoms with Gasteiger partial charge in [-0.25, -0.2) is 0 Å². The molecule has 1 saturated carbocycles. The average Bonchev–Trinajstić information content (AvgIpc) is 3.45. The molecule has 2 aromatic carbocycles. The van der Waals surface area contributed by atoms with E-state index in [1.165, 1.54) is 5.56 Å². The molecular formula is C39H60O6Si2. The first-order valence-corrected chi connectivity index (χ1v) is 23.2. The highest BCUT2D eigenvalue weighted by Crippen LogP contribution is 2.54. The highest BCUT2D eigenvalue weighted by Gasteiger charge is 2.53. The second-order valence-electron chi connectivity index (χ2n) is 17.2. The number of aliphatic carboxylic acids is 1. The Labute approximate surface area is 286 Å². The molecule has 0 bridgehead atoms. The molecule has 6 nitrogen and oxygen atoms in total. The van der Waals surface area contributed by atoms with Crippen LogP contribution < -0.4 is 9.47 Å². The van der Waals surface area contributed by atoms with Crippen LogP contribution in [0, 0.1) is 5.92 Å². The van der Waals surface area contributed by atoms with E-state index in [0.717, 1.165) is 23.5 Å². The summed E-state index contributed by atoms with van der Waals surface area (Å²) in [6.07, 6.45) is 6.51. The van der Waals surface area contributed by atoms with Gasteiger partial charge in [0, 0.05) is 23.8 Å². The molecule has 0 saturated heterocycles. The van der Waals surface area contributed by atoms with E-state index in [-0.39, 0.29) is 46.6 Å². The topological polar surface area (TPSA) is 74.2 Å². The maximum Gasteiger partial charge on any atom is 0.303 e. The zero-order chi connectivity index (χ0) is 35.0. The number of aryl methyl sites for hydroxylation is 1. The summed E-state index contributed by atoms with van der Waals surface area (Å²) in [4.78, 5) is 11.2. The Morgan fingerprint density at radius 1 is 0.936 bits per heavy atom. The molecule has 0 unspecified atom stereocenters. The molecule has 1 fully saturated rings. The van der Waals surface area contributed by atoms with Crippen LogP contribution in [0.25, 0.3) is 0 Å². The summed E-state index contributed by atoms with van der Waals surface area (Å²) in [6, 6.07) is 16.4. The molecule has 4 rings (SSSR count).